The molecule has 0 spiro atoms. The number of nitrogens with one attached hydrogen (secondary N) is 1. The first kappa shape index (κ1) is 13.8. The normalized spacial score (nSPS) is 10.2. The van der Waals surface area contributed by atoms with Gasteiger partial charge in [0, 0.05) is 6.07 Å². The smallest absolute Gasteiger partial charge is 0.259 e. The number of phenols is 1. The van der Waals surface area contributed by atoms with Gasteiger partial charge < -0.3 is 15.2 Å². The number of para-hydroxylation sites is 1. The molecule has 0 aliphatic rings. The molecule has 0 bridgehead atoms. The summed E-state index contributed by atoms with van der Waals surface area (Å²) in [5, 5.41) is 11.8. The maximum Gasteiger partial charge on any atom is 0.259 e. The molecular formula is C14H11F2NO3. The average Bonchev–Trinajstić information content (AvgIpc) is 2.42. The fraction of sp³-hybridized carbons (Fsp3) is 0.0714. The van der Waals surface area contributed by atoms with Crippen LogP contribution >= 0.6 is 0 Å². The number of rotatable bonds is 3. The van der Waals surface area contributed by atoms with Crippen molar-refractivity contribution in [2.45, 2.75) is 0 Å². The van der Waals surface area contributed by atoms with Crippen LogP contribution in [0.25, 0.3) is 0 Å². The van der Waals surface area contributed by atoms with E-state index in [0.29, 0.717) is 5.75 Å². The number of carbonyl (C=O) groups excluding carboxylic acids is 1. The van der Waals surface area contributed by atoms with E-state index in [9.17, 15) is 18.7 Å². The van der Waals surface area contributed by atoms with Crippen LogP contribution in [0.5, 0.6) is 11.5 Å². The first-order chi connectivity index (χ1) is 9.52. The van der Waals surface area contributed by atoms with Crippen molar-refractivity contribution < 1.29 is 23.4 Å². The topological polar surface area (TPSA) is 58.6 Å². The maximum absolute atomic E-state index is 13.4. The predicted octanol–water partition coefficient (Wildman–Crippen LogP) is 2.93. The zero-order valence-corrected chi connectivity index (χ0v) is 10.5. The van der Waals surface area contributed by atoms with E-state index >= 15 is 0 Å². The Morgan fingerprint density at radius 2 is 1.85 bits per heavy atom. The largest absolute Gasteiger partial charge is 0.507 e. The molecule has 2 aromatic rings. The highest BCUT2D eigenvalue weighted by Gasteiger charge is 2.16. The molecule has 20 heavy (non-hydrogen) atoms. The van der Waals surface area contributed by atoms with Gasteiger partial charge in [-0.2, -0.15) is 0 Å². The monoisotopic (exact) mass is 279 g/mol. The fourth-order valence-electron chi connectivity index (χ4n) is 1.63. The highest BCUT2D eigenvalue weighted by Crippen LogP contribution is 2.25. The lowest BCUT2D eigenvalue weighted by atomic mass is 10.1. The Morgan fingerprint density at radius 3 is 2.40 bits per heavy atom. The van der Waals surface area contributed by atoms with Gasteiger partial charge in [0.25, 0.3) is 5.91 Å². The molecule has 2 N–H and O–H groups in total. The van der Waals surface area contributed by atoms with Crippen LogP contribution in [0.3, 0.4) is 0 Å². The van der Waals surface area contributed by atoms with Crippen LogP contribution in [-0.4, -0.2) is 18.1 Å². The molecule has 0 radical (unpaired) electrons. The Kier molecular flexibility index (Phi) is 3.84. The number of phenolic OH excluding ortho intramolecular Hbond substituents is 1. The molecule has 104 valence electrons. The summed E-state index contributed by atoms with van der Waals surface area (Å²) in [6, 6.07) is 7.20. The van der Waals surface area contributed by atoms with Crippen molar-refractivity contribution in [1.29, 1.82) is 0 Å². The predicted molar refractivity (Wildman–Crippen MR) is 69.0 cm³/mol. The van der Waals surface area contributed by atoms with Crippen molar-refractivity contribution in [3.05, 3.63) is 53.6 Å². The van der Waals surface area contributed by atoms with Crippen LogP contribution in [0.4, 0.5) is 14.5 Å². The van der Waals surface area contributed by atoms with Gasteiger partial charge in [-0.1, -0.05) is 6.07 Å². The summed E-state index contributed by atoms with van der Waals surface area (Å²) >= 11 is 0. The molecule has 0 unspecified atom stereocenters. The Hall–Kier alpha value is -2.63. The molecule has 2 rings (SSSR count). The van der Waals surface area contributed by atoms with Crippen molar-refractivity contribution in [2.75, 3.05) is 12.4 Å². The summed E-state index contributed by atoms with van der Waals surface area (Å²) in [5.74, 6) is -2.61. The Bertz CT molecular complexity index is 639. The number of benzene rings is 2. The van der Waals surface area contributed by atoms with Gasteiger partial charge in [-0.25, -0.2) is 8.78 Å². The van der Waals surface area contributed by atoms with E-state index in [1.807, 2.05) is 0 Å². The molecule has 2 aromatic carbocycles. The van der Waals surface area contributed by atoms with Gasteiger partial charge in [-0.3, -0.25) is 4.79 Å². The highest BCUT2D eigenvalue weighted by molar-refractivity contribution is 6.06. The molecule has 0 aliphatic heterocycles. The van der Waals surface area contributed by atoms with Gasteiger partial charge in [0.1, 0.15) is 28.8 Å². The summed E-state index contributed by atoms with van der Waals surface area (Å²) in [6.45, 7) is 0. The second kappa shape index (κ2) is 5.56. The number of aromatic hydroxyl groups is 1. The van der Waals surface area contributed by atoms with Crippen molar-refractivity contribution in [3.63, 3.8) is 0 Å². The second-order valence-corrected chi connectivity index (χ2v) is 3.93. The Balaban J connectivity index is 2.29. The van der Waals surface area contributed by atoms with Gasteiger partial charge in [-0.15, -0.1) is 0 Å². The SMILES string of the molecule is COc1ccc(C(=O)Nc2c(F)cccc2F)c(O)c1. The van der Waals surface area contributed by atoms with Gasteiger partial charge in [-0.05, 0) is 24.3 Å². The van der Waals surface area contributed by atoms with Gasteiger partial charge in [0.2, 0.25) is 0 Å². The number of anilines is 1. The molecule has 0 heterocycles. The van der Waals surface area contributed by atoms with E-state index in [1.165, 1.54) is 31.4 Å². The number of halogens is 2. The van der Waals surface area contributed by atoms with E-state index in [0.717, 1.165) is 12.1 Å². The van der Waals surface area contributed by atoms with E-state index in [-0.39, 0.29) is 11.3 Å². The zero-order chi connectivity index (χ0) is 14.7. The van der Waals surface area contributed by atoms with Crippen LogP contribution in [0.15, 0.2) is 36.4 Å². The molecule has 0 fully saturated rings. The van der Waals surface area contributed by atoms with Crippen molar-refractivity contribution in [1.82, 2.24) is 0 Å². The quantitative estimate of drug-likeness (QED) is 0.908. The van der Waals surface area contributed by atoms with Crippen molar-refractivity contribution in [3.8, 4) is 11.5 Å². The van der Waals surface area contributed by atoms with Gasteiger partial charge >= 0.3 is 0 Å². The van der Waals surface area contributed by atoms with E-state index in [2.05, 4.69) is 5.32 Å². The third kappa shape index (κ3) is 2.69. The third-order valence-corrected chi connectivity index (χ3v) is 2.65. The van der Waals surface area contributed by atoms with E-state index < -0.39 is 23.2 Å². The molecule has 0 aliphatic carbocycles. The lowest BCUT2D eigenvalue weighted by Crippen LogP contribution is -2.14. The first-order valence-electron chi connectivity index (χ1n) is 5.65. The highest BCUT2D eigenvalue weighted by atomic mass is 19.1. The Morgan fingerprint density at radius 1 is 1.20 bits per heavy atom. The molecule has 0 atom stereocenters. The lowest BCUT2D eigenvalue weighted by Gasteiger charge is -2.09. The van der Waals surface area contributed by atoms with Crippen LogP contribution < -0.4 is 10.1 Å². The number of ether oxygens (including phenoxy) is 1. The fourth-order valence-corrected chi connectivity index (χ4v) is 1.63. The van der Waals surface area contributed by atoms with Crippen LogP contribution in [0, 0.1) is 11.6 Å². The molecule has 4 nitrogen and oxygen atoms in total. The zero-order valence-electron chi connectivity index (χ0n) is 10.5. The third-order valence-electron chi connectivity index (χ3n) is 2.65. The van der Waals surface area contributed by atoms with Crippen molar-refractivity contribution >= 4 is 11.6 Å². The minimum absolute atomic E-state index is 0.117. The summed E-state index contributed by atoms with van der Waals surface area (Å²) in [5.41, 5.74) is -0.679. The van der Waals surface area contributed by atoms with Crippen molar-refractivity contribution in [2.24, 2.45) is 0 Å². The van der Waals surface area contributed by atoms with Crippen LogP contribution in [0.2, 0.25) is 0 Å². The number of hydrogen-bond acceptors (Lipinski definition) is 3. The molecular weight excluding hydrogens is 268 g/mol. The molecule has 0 saturated carbocycles. The average molecular weight is 279 g/mol. The van der Waals surface area contributed by atoms with Crippen LogP contribution in [-0.2, 0) is 0 Å². The van der Waals surface area contributed by atoms with Crippen LogP contribution in [0.1, 0.15) is 10.4 Å². The summed E-state index contributed by atoms with van der Waals surface area (Å²) in [7, 11) is 1.41. The summed E-state index contributed by atoms with van der Waals surface area (Å²) in [4.78, 5) is 11.9. The number of methoxy groups -OCH3 is 1. The molecule has 0 saturated heterocycles. The minimum Gasteiger partial charge on any atom is -0.507 e. The molecule has 0 aromatic heterocycles. The van der Waals surface area contributed by atoms with E-state index in [1.54, 1.807) is 0 Å². The molecule has 1 amide bonds. The maximum atomic E-state index is 13.4. The number of amides is 1. The molecule has 6 heteroatoms. The standard InChI is InChI=1S/C14H11F2NO3/c1-20-8-5-6-9(12(18)7-8)14(19)17-13-10(15)3-2-4-11(13)16/h2-7,18H,1H3,(H,17,19). The summed E-state index contributed by atoms with van der Waals surface area (Å²) in [6.07, 6.45) is 0. The second-order valence-electron chi connectivity index (χ2n) is 3.93. The van der Waals surface area contributed by atoms with E-state index in [4.69, 9.17) is 4.74 Å². The number of carbonyl (C=O) groups is 1. The minimum atomic E-state index is -0.897. The number of hydrogen-bond donors (Lipinski definition) is 2. The lowest BCUT2D eigenvalue weighted by molar-refractivity contribution is 0.102. The van der Waals surface area contributed by atoms with Gasteiger partial charge in [0.15, 0.2) is 0 Å². The van der Waals surface area contributed by atoms with Gasteiger partial charge in [0.05, 0.1) is 12.7 Å². The summed E-state index contributed by atoms with van der Waals surface area (Å²) < 4.78 is 31.7. The first-order valence-corrected chi connectivity index (χ1v) is 5.65. The Labute approximate surface area is 113 Å².